The minimum Gasteiger partial charge on any atom is -0.295 e. The molecular formula is C31H34N2O2. The molecule has 0 aliphatic rings. The van der Waals surface area contributed by atoms with Gasteiger partial charge in [-0.2, -0.15) is 5.10 Å². The molecule has 1 aromatic heterocycles. The molecule has 0 saturated carbocycles. The molecule has 1 heterocycles. The van der Waals surface area contributed by atoms with Crippen LogP contribution in [-0.2, 0) is 6.42 Å². The van der Waals surface area contributed by atoms with E-state index in [9.17, 15) is 9.59 Å². The van der Waals surface area contributed by atoms with E-state index in [0.717, 1.165) is 30.2 Å². The van der Waals surface area contributed by atoms with Crippen molar-refractivity contribution in [1.82, 2.24) is 10.2 Å². The number of hydrogen-bond donors (Lipinski definition) is 1. The Bertz CT molecular complexity index is 1330. The number of H-pyrrole nitrogens is 1. The van der Waals surface area contributed by atoms with E-state index in [1.165, 1.54) is 22.3 Å². The highest BCUT2D eigenvalue weighted by Gasteiger charge is 2.22. The van der Waals surface area contributed by atoms with E-state index in [1.54, 1.807) is 31.2 Å². The van der Waals surface area contributed by atoms with E-state index >= 15 is 0 Å². The molecule has 4 aromatic rings. The summed E-state index contributed by atoms with van der Waals surface area (Å²) in [5, 5.41) is 8.30. The lowest BCUT2D eigenvalue weighted by molar-refractivity contribution is 0.0939. The van der Waals surface area contributed by atoms with Crippen molar-refractivity contribution in [3.8, 4) is 11.1 Å². The van der Waals surface area contributed by atoms with Crippen LogP contribution in [0.3, 0.4) is 0 Å². The van der Waals surface area contributed by atoms with Crippen molar-refractivity contribution in [3.63, 3.8) is 0 Å². The molecule has 0 spiro atoms. The first kappa shape index (κ1) is 24.6. The second-order valence-electron chi connectivity index (χ2n) is 9.80. The van der Waals surface area contributed by atoms with Gasteiger partial charge in [0, 0.05) is 22.9 Å². The van der Waals surface area contributed by atoms with E-state index in [0.29, 0.717) is 29.4 Å². The molecule has 2 unspecified atom stereocenters. The minimum absolute atomic E-state index is 0.0172. The summed E-state index contributed by atoms with van der Waals surface area (Å²) in [7, 11) is 0. The first-order chi connectivity index (χ1) is 16.9. The highest BCUT2D eigenvalue weighted by molar-refractivity contribution is 5.98. The zero-order valence-corrected chi connectivity index (χ0v) is 21.1. The molecule has 180 valence electrons. The number of carbonyl (C=O) groups excluding carboxylic acids is 2. The number of hydrogen-bond acceptors (Lipinski definition) is 3. The highest BCUT2D eigenvalue weighted by atomic mass is 16.1. The summed E-state index contributed by atoms with van der Waals surface area (Å²) in [5.41, 5.74) is 7.35. The summed E-state index contributed by atoms with van der Waals surface area (Å²) in [6.45, 7) is 8.17. The number of nitrogens with one attached hydrogen (secondary N) is 1. The Morgan fingerprint density at radius 2 is 1.63 bits per heavy atom. The quantitative estimate of drug-likeness (QED) is 0.245. The molecule has 35 heavy (non-hydrogen) atoms. The Morgan fingerprint density at radius 3 is 2.34 bits per heavy atom. The summed E-state index contributed by atoms with van der Waals surface area (Å²) in [4.78, 5) is 24.6. The van der Waals surface area contributed by atoms with Crippen LogP contribution in [0, 0.1) is 18.8 Å². The summed E-state index contributed by atoms with van der Waals surface area (Å²) in [6.07, 6.45) is 5.38. The predicted molar refractivity (Wildman–Crippen MR) is 143 cm³/mol. The van der Waals surface area contributed by atoms with Crippen LogP contribution >= 0.6 is 0 Å². The molecule has 2 atom stereocenters. The van der Waals surface area contributed by atoms with Gasteiger partial charge in [0.05, 0.1) is 11.7 Å². The zero-order chi connectivity index (χ0) is 24.9. The number of rotatable bonds is 10. The molecule has 0 saturated heterocycles. The number of nitrogens with zero attached hydrogens (tertiary/aromatic N) is 1. The van der Waals surface area contributed by atoms with Crippen LogP contribution < -0.4 is 0 Å². The fourth-order valence-corrected chi connectivity index (χ4v) is 4.91. The van der Waals surface area contributed by atoms with Crippen molar-refractivity contribution in [2.45, 2.75) is 53.4 Å². The van der Waals surface area contributed by atoms with Crippen LogP contribution in [0.25, 0.3) is 22.0 Å². The predicted octanol–water partition coefficient (Wildman–Crippen LogP) is 7.61. The molecule has 3 aromatic carbocycles. The lowest BCUT2D eigenvalue weighted by atomic mass is 9.80. The maximum Gasteiger partial charge on any atom is 0.163 e. The third kappa shape index (κ3) is 5.76. The van der Waals surface area contributed by atoms with Gasteiger partial charge >= 0.3 is 0 Å². The summed E-state index contributed by atoms with van der Waals surface area (Å²) >= 11 is 0. The largest absolute Gasteiger partial charge is 0.295 e. The molecule has 4 nitrogen and oxygen atoms in total. The Kier molecular flexibility index (Phi) is 7.60. The van der Waals surface area contributed by atoms with Gasteiger partial charge in [0.1, 0.15) is 0 Å². The van der Waals surface area contributed by atoms with Crippen molar-refractivity contribution in [2.75, 3.05) is 0 Å². The minimum atomic E-state index is 0.0172. The number of ketones is 2. The van der Waals surface area contributed by atoms with E-state index < -0.39 is 0 Å². The molecule has 0 amide bonds. The second kappa shape index (κ2) is 10.8. The van der Waals surface area contributed by atoms with Crippen LogP contribution in [0.5, 0.6) is 0 Å². The lowest BCUT2D eigenvalue weighted by Gasteiger charge is -2.24. The Morgan fingerprint density at radius 1 is 0.943 bits per heavy atom. The maximum absolute atomic E-state index is 13.1. The lowest BCUT2D eigenvalue weighted by Crippen LogP contribution is -2.19. The van der Waals surface area contributed by atoms with Gasteiger partial charge in [-0.25, -0.2) is 0 Å². The summed E-state index contributed by atoms with van der Waals surface area (Å²) in [5.74, 6) is 0.858. The van der Waals surface area contributed by atoms with Crippen LogP contribution in [-0.4, -0.2) is 21.8 Å². The molecule has 4 heteroatoms. The molecule has 0 aliphatic carbocycles. The van der Waals surface area contributed by atoms with Crippen molar-refractivity contribution in [2.24, 2.45) is 11.8 Å². The zero-order valence-electron chi connectivity index (χ0n) is 21.1. The van der Waals surface area contributed by atoms with Crippen molar-refractivity contribution < 1.29 is 9.59 Å². The molecule has 0 aliphatic heterocycles. The Balaban J connectivity index is 1.50. The standard InChI is InChI=1S/C31H34N2O2/c1-5-6-25(18-31(35)24-11-9-23(10-12-24)22(4)34)21(3)15-29-16-26(8-7-20(29)2)27-13-14-28-19-32-33-30(28)17-27/h7-14,16-17,19,21,25H,5-6,15,18H2,1-4H3,(H,32,33). The number of carbonyl (C=O) groups is 2. The number of aryl methyl sites for hydroxylation is 1. The summed E-state index contributed by atoms with van der Waals surface area (Å²) in [6, 6.07) is 20.2. The molecule has 0 bridgehead atoms. The molecule has 1 N–H and O–H groups in total. The van der Waals surface area contributed by atoms with Gasteiger partial charge in [0.2, 0.25) is 0 Å². The molecular weight excluding hydrogens is 432 g/mol. The van der Waals surface area contributed by atoms with E-state index in [4.69, 9.17) is 0 Å². The number of aromatic amines is 1. The van der Waals surface area contributed by atoms with E-state index in [2.05, 4.69) is 67.4 Å². The van der Waals surface area contributed by atoms with Gasteiger partial charge in [-0.15, -0.1) is 0 Å². The number of aromatic nitrogens is 2. The second-order valence-corrected chi connectivity index (χ2v) is 9.80. The van der Waals surface area contributed by atoms with Crippen LogP contribution in [0.4, 0.5) is 0 Å². The average Bonchev–Trinajstić information content (AvgIpc) is 3.33. The topological polar surface area (TPSA) is 62.8 Å². The van der Waals surface area contributed by atoms with Crippen molar-refractivity contribution >= 4 is 22.5 Å². The van der Waals surface area contributed by atoms with Gasteiger partial charge in [-0.05, 0) is 60.4 Å². The normalized spacial score (nSPS) is 13.0. The van der Waals surface area contributed by atoms with Gasteiger partial charge in [0.25, 0.3) is 0 Å². The van der Waals surface area contributed by atoms with Crippen LogP contribution in [0.1, 0.15) is 71.9 Å². The maximum atomic E-state index is 13.1. The van der Waals surface area contributed by atoms with Gasteiger partial charge in [-0.3, -0.25) is 14.7 Å². The van der Waals surface area contributed by atoms with Crippen LogP contribution in [0.2, 0.25) is 0 Å². The van der Waals surface area contributed by atoms with Crippen molar-refractivity contribution in [3.05, 3.63) is 89.1 Å². The highest BCUT2D eigenvalue weighted by Crippen LogP contribution is 2.30. The van der Waals surface area contributed by atoms with E-state index in [1.807, 2.05) is 6.20 Å². The smallest absolute Gasteiger partial charge is 0.163 e. The molecule has 4 rings (SSSR count). The SMILES string of the molecule is CCCC(CC(=O)c1ccc(C(C)=O)cc1)C(C)Cc1cc(-c2ccc3cn[nH]c3c2)ccc1C. The third-order valence-corrected chi connectivity index (χ3v) is 7.19. The van der Waals surface area contributed by atoms with Gasteiger partial charge in [0.15, 0.2) is 11.6 Å². The first-order valence-corrected chi connectivity index (χ1v) is 12.5. The fraction of sp³-hybridized carbons (Fsp3) is 0.323. The number of benzene rings is 3. The molecule has 0 radical (unpaired) electrons. The monoisotopic (exact) mass is 466 g/mol. The van der Waals surface area contributed by atoms with Gasteiger partial charge < -0.3 is 0 Å². The number of fused-ring (bicyclic) bond motifs is 1. The van der Waals surface area contributed by atoms with Gasteiger partial charge in [-0.1, -0.05) is 81.3 Å². The Hall–Kier alpha value is -3.53. The average molecular weight is 467 g/mol. The summed E-state index contributed by atoms with van der Waals surface area (Å²) < 4.78 is 0. The first-order valence-electron chi connectivity index (χ1n) is 12.5. The fourth-order valence-electron chi connectivity index (χ4n) is 4.91. The van der Waals surface area contributed by atoms with Crippen LogP contribution in [0.15, 0.2) is 66.9 Å². The van der Waals surface area contributed by atoms with E-state index in [-0.39, 0.29) is 11.6 Å². The Labute approximate surface area is 207 Å². The van der Waals surface area contributed by atoms with Crippen molar-refractivity contribution in [1.29, 1.82) is 0 Å². The third-order valence-electron chi connectivity index (χ3n) is 7.19. The molecule has 0 fully saturated rings. The number of Topliss-reactive ketones (excluding diaryl/α,β-unsaturated/α-hetero) is 2.